The summed E-state index contributed by atoms with van der Waals surface area (Å²) < 4.78 is 0. The SMILES string of the molecule is C=C1/C(=C\C=C2/CCC[C@]3(C)[C@@H]([C@H](C)CCCC(C)(C)O)CC[C@@H]23)C[C@@H](O)C[C@@H]1O.[NaH]. The third-order valence-electron chi connectivity index (χ3n) is 8.44. The molecule has 31 heavy (non-hydrogen) atoms. The van der Waals surface area contributed by atoms with Gasteiger partial charge in [-0.15, -0.1) is 0 Å². The van der Waals surface area contributed by atoms with Crippen LogP contribution in [0.2, 0.25) is 0 Å². The van der Waals surface area contributed by atoms with Gasteiger partial charge < -0.3 is 15.3 Å². The number of allylic oxidation sites excluding steroid dienone is 3. The van der Waals surface area contributed by atoms with E-state index in [2.05, 4.69) is 32.6 Å². The van der Waals surface area contributed by atoms with Gasteiger partial charge in [0.25, 0.3) is 0 Å². The van der Waals surface area contributed by atoms with Gasteiger partial charge in [0.05, 0.1) is 17.8 Å². The fourth-order valence-corrected chi connectivity index (χ4v) is 6.74. The molecule has 3 nitrogen and oxygen atoms in total. The zero-order valence-corrected chi connectivity index (χ0v) is 19.7. The van der Waals surface area contributed by atoms with Crippen LogP contribution in [0.25, 0.3) is 0 Å². The Bertz CT molecular complexity index is 689. The van der Waals surface area contributed by atoms with E-state index in [1.807, 2.05) is 13.8 Å². The molecule has 0 spiro atoms. The minimum atomic E-state index is -0.615. The van der Waals surface area contributed by atoms with Gasteiger partial charge in [-0.25, -0.2) is 0 Å². The molecule has 3 fully saturated rings. The Morgan fingerprint density at radius 2 is 1.94 bits per heavy atom. The maximum atomic E-state index is 10.1. The van der Waals surface area contributed by atoms with Crippen molar-refractivity contribution in [3.8, 4) is 0 Å². The van der Waals surface area contributed by atoms with Gasteiger partial charge in [0.15, 0.2) is 0 Å². The van der Waals surface area contributed by atoms with E-state index in [1.165, 1.54) is 38.5 Å². The number of aliphatic hydroxyl groups excluding tert-OH is 2. The molecule has 3 aliphatic carbocycles. The molecule has 0 heterocycles. The van der Waals surface area contributed by atoms with Crippen molar-refractivity contribution in [3.63, 3.8) is 0 Å². The molecule has 172 valence electrons. The summed E-state index contributed by atoms with van der Waals surface area (Å²) in [6.45, 7) is 12.8. The van der Waals surface area contributed by atoms with Gasteiger partial charge in [0.1, 0.15) is 0 Å². The molecule has 0 amide bonds. The van der Waals surface area contributed by atoms with E-state index < -0.39 is 17.8 Å². The van der Waals surface area contributed by atoms with Gasteiger partial charge in [-0.1, -0.05) is 51.0 Å². The van der Waals surface area contributed by atoms with Crippen molar-refractivity contribution in [1.82, 2.24) is 0 Å². The van der Waals surface area contributed by atoms with Crippen molar-refractivity contribution in [1.29, 1.82) is 0 Å². The molecule has 3 N–H and O–H groups in total. The van der Waals surface area contributed by atoms with E-state index >= 15 is 0 Å². The van der Waals surface area contributed by atoms with Crippen LogP contribution in [0, 0.1) is 23.2 Å². The van der Waals surface area contributed by atoms with Crippen LogP contribution in [-0.4, -0.2) is 62.7 Å². The van der Waals surface area contributed by atoms with Crippen molar-refractivity contribution < 1.29 is 15.3 Å². The van der Waals surface area contributed by atoms with Crippen LogP contribution in [0.4, 0.5) is 0 Å². The van der Waals surface area contributed by atoms with Crippen LogP contribution in [0.5, 0.6) is 0 Å². The van der Waals surface area contributed by atoms with Gasteiger partial charge in [-0.2, -0.15) is 0 Å². The quantitative estimate of drug-likeness (QED) is 0.506. The fraction of sp³-hybridized carbons (Fsp3) is 0.778. The minimum absolute atomic E-state index is 0. The summed E-state index contributed by atoms with van der Waals surface area (Å²) in [4.78, 5) is 0. The Morgan fingerprint density at radius 3 is 2.61 bits per heavy atom. The summed E-state index contributed by atoms with van der Waals surface area (Å²) in [7, 11) is 0. The normalized spacial score (nSPS) is 37.6. The molecule has 0 bridgehead atoms. The first-order chi connectivity index (χ1) is 14.0. The van der Waals surface area contributed by atoms with E-state index in [9.17, 15) is 15.3 Å². The van der Waals surface area contributed by atoms with Crippen molar-refractivity contribution in [2.24, 2.45) is 23.2 Å². The van der Waals surface area contributed by atoms with Crippen LogP contribution in [0.1, 0.15) is 91.9 Å². The Labute approximate surface area is 212 Å². The Balaban J connectivity index is 0.00000341. The van der Waals surface area contributed by atoms with Gasteiger partial charge in [-0.3, -0.25) is 0 Å². The molecular weight excluding hydrogens is 395 g/mol. The summed E-state index contributed by atoms with van der Waals surface area (Å²) in [5.41, 5.74) is 3.17. The molecule has 0 saturated heterocycles. The molecule has 0 aromatic rings. The van der Waals surface area contributed by atoms with Crippen LogP contribution in [0.15, 0.2) is 35.5 Å². The predicted octanol–water partition coefficient (Wildman–Crippen LogP) is 5.06. The first-order valence-electron chi connectivity index (χ1n) is 12.2. The second-order valence-electron chi connectivity index (χ2n) is 11.3. The number of rotatable bonds is 6. The Kier molecular flexibility index (Phi) is 9.72. The monoisotopic (exact) mass is 440 g/mol. The van der Waals surface area contributed by atoms with Crippen LogP contribution < -0.4 is 0 Å². The molecule has 0 aromatic carbocycles. The van der Waals surface area contributed by atoms with Gasteiger partial charge in [0.2, 0.25) is 0 Å². The van der Waals surface area contributed by atoms with E-state index in [4.69, 9.17) is 0 Å². The summed E-state index contributed by atoms with van der Waals surface area (Å²) >= 11 is 0. The molecule has 3 rings (SSSR count). The summed E-state index contributed by atoms with van der Waals surface area (Å²) in [6, 6.07) is 0. The van der Waals surface area contributed by atoms with Crippen molar-refractivity contribution >= 4 is 29.6 Å². The van der Waals surface area contributed by atoms with E-state index in [0.29, 0.717) is 30.1 Å². The fourth-order valence-electron chi connectivity index (χ4n) is 6.74. The second kappa shape index (κ2) is 11.0. The number of hydrogen-bond acceptors (Lipinski definition) is 3. The van der Waals surface area contributed by atoms with Crippen LogP contribution >= 0.6 is 0 Å². The molecule has 0 unspecified atom stereocenters. The number of aliphatic hydroxyl groups is 3. The van der Waals surface area contributed by atoms with Crippen molar-refractivity contribution in [2.75, 3.05) is 0 Å². The molecule has 4 heteroatoms. The Morgan fingerprint density at radius 1 is 1.23 bits per heavy atom. The summed E-state index contributed by atoms with van der Waals surface area (Å²) in [6.07, 6.45) is 13.9. The van der Waals surface area contributed by atoms with Gasteiger partial charge in [0, 0.05) is 6.42 Å². The summed E-state index contributed by atoms with van der Waals surface area (Å²) in [5.74, 6) is 2.11. The molecule has 6 atom stereocenters. The number of fused-ring (bicyclic) bond motifs is 1. The molecule has 3 aliphatic rings. The molecular formula is C27H45NaO3. The summed E-state index contributed by atoms with van der Waals surface area (Å²) in [5, 5.41) is 30.2. The van der Waals surface area contributed by atoms with Crippen molar-refractivity contribution in [3.05, 3.63) is 35.5 Å². The van der Waals surface area contributed by atoms with Crippen LogP contribution in [0.3, 0.4) is 0 Å². The third-order valence-corrected chi connectivity index (χ3v) is 8.44. The van der Waals surface area contributed by atoms with E-state index in [0.717, 1.165) is 29.9 Å². The zero-order chi connectivity index (χ0) is 22.1. The van der Waals surface area contributed by atoms with Gasteiger partial charge >= 0.3 is 29.6 Å². The topological polar surface area (TPSA) is 60.7 Å². The average Bonchev–Trinajstić information content (AvgIpc) is 3.00. The predicted molar refractivity (Wildman–Crippen MR) is 131 cm³/mol. The van der Waals surface area contributed by atoms with Crippen molar-refractivity contribution in [2.45, 2.75) is 110 Å². The first-order valence-corrected chi connectivity index (χ1v) is 12.2. The standard InChI is InChI=1S/C27H44O3.Na.H/c1-18(8-6-14-26(3,4)30)23-12-13-24-20(9-7-15-27(23,24)5)10-11-21-16-22(28)17-25(29)19(21)2;;/h10-11,18,22-25,28-30H,2,6-9,12-17H2,1,3-5H3;;/b20-10+,21-11-;;/t18-,22-,23-,24+,25+,27-;;/m1../s1. The molecule has 0 radical (unpaired) electrons. The number of hydrogen-bond donors (Lipinski definition) is 3. The Hall–Kier alpha value is 0.1000. The average molecular weight is 441 g/mol. The molecule has 0 aliphatic heterocycles. The van der Waals surface area contributed by atoms with E-state index in [-0.39, 0.29) is 29.6 Å². The second-order valence-corrected chi connectivity index (χ2v) is 11.3. The van der Waals surface area contributed by atoms with Crippen LogP contribution in [-0.2, 0) is 0 Å². The molecule has 3 saturated carbocycles. The zero-order valence-electron chi connectivity index (χ0n) is 19.7. The molecule has 0 aromatic heterocycles. The first kappa shape index (κ1) is 27.3. The maximum absolute atomic E-state index is 10.1. The van der Waals surface area contributed by atoms with E-state index in [1.54, 1.807) is 5.57 Å². The third kappa shape index (κ3) is 6.58. The van der Waals surface area contributed by atoms with Gasteiger partial charge in [-0.05, 0) is 93.1 Å².